The highest BCUT2D eigenvalue weighted by Crippen LogP contribution is 2.24. The molecule has 0 unspecified atom stereocenters. The van der Waals surface area contributed by atoms with E-state index in [4.69, 9.17) is 4.74 Å². The SMILES string of the molecule is COc1ccc(/C=N/NC(=O)/C(=C/c2ccc(N(C)C)cc2)NC(=O)c2ccccc2)cc1Br. The van der Waals surface area contributed by atoms with Gasteiger partial charge in [0.15, 0.2) is 0 Å². The molecule has 0 aliphatic carbocycles. The van der Waals surface area contributed by atoms with Gasteiger partial charge >= 0.3 is 0 Å². The van der Waals surface area contributed by atoms with E-state index < -0.39 is 11.8 Å². The average Bonchev–Trinajstić information content (AvgIpc) is 2.84. The number of hydrogen-bond acceptors (Lipinski definition) is 5. The molecule has 8 heteroatoms. The van der Waals surface area contributed by atoms with Crippen LogP contribution in [0.3, 0.4) is 0 Å². The fourth-order valence-corrected chi connectivity index (χ4v) is 3.52. The smallest absolute Gasteiger partial charge is 0.287 e. The Morgan fingerprint density at radius 2 is 1.65 bits per heavy atom. The molecule has 2 N–H and O–H groups in total. The van der Waals surface area contributed by atoms with Crippen LogP contribution in [0.2, 0.25) is 0 Å². The number of carbonyl (C=O) groups excluding carboxylic acids is 2. The van der Waals surface area contributed by atoms with Gasteiger partial charge < -0.3 is 15.0 Å². The van der Waals surface area contributed by atoms with Crippen molar-refractivity contribution < 1.29 is 14.3 Å². The van der Waals surface area contributed by atoms with Gasteiger partial charge in [-0.2, -0.15) is 5.10 Å². The first-order chi connectivity index (χ1) is 16.4. The van der Waals surface area contributed by atoms with Crippen LogP contribution in [-0.2, 0) is 4.79 Å². The number of amides is 2. The summed E-state index contributed by atoms with van der Waals surface area (Å²) in [5, 5.41) is 6.73. The van der Waals surface area contributed by atoms with Gasteiger partial charge in [-0.1, -0.05) is 30.3 Å². The Labute approximate surface area is 207 Å². The monoisotopic (exact) mass is 520 g/mol. The van der Waals surface area contributed by atoms with E-state index in [0.29, 0.717) is 11.3 Å². The van der Waals surface area contributed by atoms with E-state index in [9.17, 15) is 9.59 Å². The molecule has 2 amide bonds. The van der Waals surface area contributed by atoms with Crippen LogP contribution in [0.1, 0.15) is 21.5 Å². The number of nitrogens with zero attached hydrogens (tertiary/aromatic N) is 2. The number of carbonyl (C=O) groups is 2. The summed E-state index contributed by atoms with van der Waals surface area (Å²) in [4.78, 5) is 27.6. The molecule has 0 aromatic heterocycles. The van der Waals surface area contributed by atoms with E-state index in [2.05, 4.69) is 31.8 Å². The molecule has 0 heterocycles. The van der Waals surface area contributed by atoms with Crippen molar-refractivity contribution in [1.82, 2.24) is 10.7 Å². The molecule has 3 aromatic carbocycles. The third-order valence-corrected chi connectivity index (χ3v) is 5.42. The number of hydrazone groups is 1. The van der Waals surface area contributed by atoms with E-state index in [1.165, 1.54) is 6.21 Å². The second-order valence-corrected chi connectivity index (χ2v) is 8.31. The third kappa shape index (κ3) is 6.79. The van der Waals surface area contributed by atoms with Gasteiger partial charge in [0.25, 0.3) is 11.8 Å². The molecule has 0 fully saturated rings. The van der Waals surface area contributed by atoms with Gasteiger partial charge in [-0.15, -0.1) is 0 Å². The maximum absolute atomic E-state index is 12.9. The number of halogens is 1. The largest absolute Gasteiger partial charge is 0.496 e. The summed E-state index contributed by atoms with van der Waals surface area (Å²) in [7, 11) is 5.48. The van der Waals surface area contributed by atoms with Crippen LogP contribution in [0.4, 0.5) is 5.69 Å². The first-order valence-electron chi connectivity index (χ1n) is 10.4. The molecule has 0 spiro atoms. The van der Waals surface area contributed by atoms with Crippen LogP contribution in [0, 0.1) is 0 Å². The van der Waals surface area contributed by atoms with Gasteiger partial charge in [0.05, 0.1) is 17.8 Å². The summed E-state index contributed by atoms with van der Waals surface area (Å²) >= 11 is 3.42. The minimum atomic E-state index is -0.551. The molecule has 0 aliphatic rings. The maximum Gasteiger partial charge on any atom is 0.287 e. The average molecular weight is 521 g/mol. The highest BCUT2D eigenvalue weighted by atomic mass is 79.9. The maximum atomic E-state index is 12.9. The molecule has 0 atom stereocenters. The highest BCUT2D eigenvalue weighted by Gasteiger charge is 2.14. The van der Waals surface area contributed by atoms with Crippen LogP contribution in [0.25, 0.3) is 6.08 Å². The Kier molecular flexibility index (Phi) is 8.59. The summed E-state index contributed by atoms with van der Waals surface area (Å²) < 4.78 is 5.98. The van der Waals surface area contributed by atoms with Gasteiger partial charge in [0.1, 0.15) is 11.4 Å². The highest BCUT2D eigenvalue weighted by molar-refractivity contribution is 9.10. The Bertz CT molecular complexity index is 1210. The topological polar surface area (TPSA) is 83.0 Å². The molecule has 34 heavy (non-hydrogen) atoms. The molecule has 3 rings (SSSR count). The van der Waals surface area contributed by atoms with Gasteiger partial charge in [-0.05, 0) is 75.6 Å². The molecule has 0 saturated heterocycles. The van der Waals surface area contributed by atoms with Crippen molar-refractivity contribution in [2.75, 3.05) is 26.1 Å². The van der Waals surface area contributed by atoms with E-state index in [1.807, 2.05) is 55.4 Å². The summed E-state index contributed by atoms with van der Waals surface area (Å²) in [6, 6.07) is 21.7. The predicted molar refractivity (Wildman–Crippen MR) is 139 cm³/mol. The number of rotatable bonds is 8. The summed E-state index contributed by atoms with van der Waals surface area (Å²) in [5.74, 6) is -0.255. The lowest BCUT2D eigenvalue weighted by Crippen LogP contribution is -2.32. The van der Waals surface area contributed by atoms with E-state index in [1.54, 1.807) is 49.6 Å². The van der Waals surface area contributed by atoms with Crippen molar-refractivity contribution in [3.8, 4) is 5.75 Å². The molecular weight excluding hydrogens is 496 g/mol. The van der Waals surface area contributed by atoms with Crippen molar-refractivity contribution in [1.29, 1.82) is 0 Å². The lowest BCUT2D eigenvalue weighted by Gasteiger charge is -2.12. The lowest BCUT2D eigenvalue weighted by molar-refractivity contribution is -0.117. The van der Waals surface area contributed by atoms with Crippen molar-refractivity contribution in [3.05, 3.63) is 99.7 Å². The predicted octanol–water partition coefficient (Wildman–Crippen LogP) is 4.44. The van der Waals surface area contributed by atoms with Gasteiger partial charge in [-0.25, -0.2) is 5.43 Å². The van der Waals surface area contributed by atoms with Crippen molar-refractivity contribution in [3.63, 3.8) is 0 Å². The Morgan fingerprint density at radius 3 is 2.26 bits per heavy atom. The van der Waals surface area contributed by atoms with Crippen molar-refractivity contribution in [2.45, 2.75) is 0 Å². The number of ether oxygens (including phenoxy) is 1. The number of nitrogens with one attached hydrogen (secondary N) is 2. The minimum absolute atomic E-state index is 0.0690. The fourth-order valence-electron chi connectivity index (χ4n) is 2.97. The number of methoxy groups -OCH3 is 1. The van der Waals surface area contributed by atoms with Crippen LogP contribution in [-0.4, -0.2) is 39.2 Å². The Morgan fingerprint density at radius 1 is 0.971 bits per heavy atom. The Hall–Kier alpha value is -3.91. The molecule has 3 aromatic rings. The lowest BCUT2D eigenvalue weighted by atomic mass is 10.1. The van der Waals surface area contributed by atoms with E-state index in [-0.39, 0.29) is 5.70 Å². The second kappa shape index (κ2) is 11.8. The molecule has 0 aliphatic heterocycles. The van der Waals surface area contributed by atoms with Crippen LogP contribution >= 0.6 is 15.9 Å². The second-order valence-electron chi connectivity index (χ2n) is 7.46. The van der Waals surface area contributed by atoms with Gasteiger partial charge in [0.2, 0.25) is 0 Å². The quantitative estimate of drug-likeness (QED) is 0.261. The zero-order valence-electron chi connectivity index (χ0n) is 19.1. The van der Waals surface area contributed by atoms with Crippen LogP contribution < -0.4 is 20.4 Å². The molecule has 7 nitrogen and oxygen atoms in total. The molecule has 0 saturated carbocycles. The van der Waals surface area contributed by atoms with Crippen molar-refractivity contribution in [2.24, 2.45) is 5.10 Å². The fraction of sp³-hybridized carbons (Fsp3) is 0.115. The number of anilines is 1. The number of hydrogen-bond donors (Lipinski definition) is 2. The molecular formula is C26H25BrN4O3. The normalized spacial score (nSPS) is 11.2. The number of benzene rings is 3. The summed E-state index contributed by atoms with van der Waals surface area (Å²) in [6.07, 6.45) is 3.11. The van der Waals surface area contributed by atoms with Gasteiger partial charge in [0, 0.05) is 25.3 Å². The van der Waals surface area contributed by atoms with E-state index >= 15 is 0 Å². The first kappa shape index (κ1) is 24.7. The Balaban J connectivity index is 1.80. The van der Waals surface area contributed by atoms with E-state index in [0.717, 1.165) is 21.3 Å². The standard InChI is InChI=1S/C26H25BrN4O3/c1-31(2)21-12-9-18(10-13-21)16-23(29-25(32)20-7-5-4-6-8-20)26(33)30-28-17-19-11-14-24(34-3)22(27)15-19/h4-17H,1-3H3,(H,29,32)(H,30,33)/b23-16-,28-17+. The summed E-state index contributed by atoms with van der Waals surface area (Å²) in [5.41, 5.74) is 5.52. The third-order valence-electron chi connectivity index (χ3n) is 4.80. The van der Waals surface area contributed by atoms with Gasteiger partial charge in [-0.3, -0.25) is 9.59 Å². The van der Waals surface area contributed by atoms with Crippen molar-refractivity contribution >= 4 is 45.7 Å². The summed E-state index contributed by atoms with van der Waals surface area (Å²) in [6.45, 7) is 0. The zero-order chi connectivity index (χ0) is 24.5. The first-order valence-corrected chi connectivity index (χ1v) is 11.2. The molecule has 0 bridgehead atoms. The minimum Gasteiger partial charge on any atom is -0.496 e. The zero-order valence-corrected chi connectivity index (χ0v) is 20.7. The molecule has 0 radical (unpaired) electrons. The van der Waals surface area contributed by atoms with Crippen LogP contribution in [0.5, 0.6) is 5.75 Å². The molecule has 174 valence electrons. The van der Waals surface area contributed by atoms with Crippen LogP contribution in [0.15, 0.2) is 88.1 Å².